The first-order chi connectivity index (χ1) is 9.13. The first kappa shape index (κ1) is 14.1. The lowest BCUT2D eigenvalue weighted by Crippen LogP contribution is -2.40. The minimum Gasteiger partial charge on any atom is -0.496 e. The van der Waals surface area contributed by atoms with Crippen molar-refractivity contribution in [2.75, 3.05) is 20.3 Å². The molecule has 19 heavy (non-hydrogen) atoms. The average Bonchev–Trinajstić information content (AvgIpc) is 2.83. The van der Waals surface area contributed by atoms with Gasteiger partial charge in [-0.1, -0.05) is 17.7 Å². The summed E-state index contributed by atoms with van der Waals surface area (Å²) in [5.74, 6) is 0.236. The Bertz CT molecular complexity index is 467. The summed E-state index contributed by atoms with van der Waals surface area (Å²) in [6, 6.07) is 5.12. The lowest BCUT2D eigenvalue weighted by atomic mass is 10.0. The van der Waals surface area contributed by atoms with Crippen LogP contribution < -0.4 is 15.8 Å². The van der Waals surface area contributed by atoms with Crippen LogP contribution in [0, 0.1) is 5.92 Å². The Labute approximate surface area is 117 Å². The lowest BCUT2D eigenvalue weighted by molar-refractivity contribution is -0.125. The number of methoxy groups -OCH3 is 1. The molecule has 0 radical (unpaired) electrons. The molecular weight excluding hydrogens is 268 g/mol. The second-order valence-corrected chi connectivity index (χ2v) is 4.85. The Morgan fingerprint density at radius 2 is 2.37 bits per heavy atom. The van der Waals surface area contributed by atoms with Gasteiger partial charge in [0.05, 0.1) is 26.2 Å². The van der Waals surface area contributed by atoms with Crippen LogP contribution in [0.2, 0.25) is 5.02 Å². The maximum atomic E-state index is 12.0. The quantitative estimate of drug-likeness (QED) is 0.863. The molecule has 2 unspecified atom stereocenters. The third kappa shape index (κ3) is 3.18. The largest absolute Gasteiger partial charge is 0.496 e. The van der Waals surface area contributed by atoms with Crippen molar-refractivity contribution >= 4 is 17.5 Å². The van der Waals surface area contributed by atoms with Gasteiger partial charge in [0, 0.05) is 23.2 Å². The molecule has 5 nitrogen and oxygen atoms in total. The molecule has 3 N–H and O–H groups in total. The van der Waals surface area contributed by atoms with Crippen molar-refractivity contribution in [1.29, 1.82) is 0 Å². The van der Waals surface area contributed by atoms with Crippen molar-refractivity contribution in [2.45, 2.75) is 12.6 Å². The van der Waals surface area contributed by atoms with E-state index < -0.39 is 0 Å². The smallest absolute Gasteiger partial charge is 0.227 e. The van der Waals surface area contributed by atoms with Crippen LogP contribution in [-0.4, -0.2) is 32.3 Å². The van der Waals surface area contributed by atoms with Crippen LogP contribution in [0.1, 0.15) is 5.56 Å². The number of carbonyl (C=O) groups excluding carboxylic acids is 1. The van der Waals surface area contributed by atoms with Crippen LogP contribution >= 0.6 is 11.6 Å². The minimum atomic E-state index is -0.298. The molecule has 104 valence electrons. The topological polar surface area (TPSA) is 73.6 Å². The van der Waals surface area contributed by atoms with Gasteiger partial charge in [0.15, 0.2) is 0 Å². The summed E-state index contributed by atoms with van der Waals surface area (Å²) in [6.45, 7) is 1.10. The normalized spacial score (nSPS) is 22.3. The predicted molar refractivity (Wildman–Crippen MR) is 72.1 cm³/mol. The zero-order valence-corrected chi connectivity index (χ0v) is 11.4. The number of nitrogens with two attached hydrogens (primary N) is 1. The molecule has 1 aliphatic rings. The maximum absolute atomic E-state index is 12.0. The molecule has 0 bridgehead atoms. The fourth-order valence-corrected chi connectivity index (χ4v) is 2.28. The highest BCUT2D eigenvalue weighted by Gasteiger charge is 2.31. The molecule has 0 saturated carbocycles. The number of benzene rings is 1. The average molecular weight is 285 g/mol. The number of halogens is 1. The second kappa shape index (κ2) is 6.23. The zero-order valence-electron chi connectivity index (χ0n) is 10.7. The number of nitrogens with one attached hydrogen (secondary N) is 1. The molecule has 1 aliphatic heterocycles. The zero-order chi connectivity index (χ0) is 13.8. The van der Waals surface area contributed by atoms with Crippen molar-refractivity contribution in [2.24, 2.45) is 11.7 Å². The molecule has 1 saturated heterocycles. The van der Waals surface area contributed by atoms with E-state index in [9.17, 15) is 4.79 Å². The van der Waals surface area contributed by atoms with E-state index in [2.05, 4.69) is 5.32 Å². The van der Waals surface area contributed by atoms with Crippen LogP contribution in [0.4, 0.5) is 0 Å². The summed E-state index contributed by atoms with van der Waals surface area (Å²) in [5.41, 5.74) is 6.56. The number of carbonyl (C=O) groups is 1. The van der Waals surface area contributed by atoms with E-state index in [4.69, 9.17) is 26.8 Å². The number of amides is 1. The number of rotatable bonds is 4. The van der Waals surface area contributed by atoms with E-state index >= 15 is 0 Å². The van der Waals surface area contributed by atoms with Crippen LogP contribution in [0.5, 0.6) is 5.75 Å². The molecule has 1 aromatic rings. The molecule has 1 aromatic carbocycles. The number of hydrogen-bond donors (Lipinski definition) is 2. The van der Waals surface area contributed by atoms with Crippen LogP contribution in [0.15, 0.2) is 18.2 Å². The molecular formula is C13H17ClN2O3. The molecule has 0 aliphatic carbocycles. The van der Waals surface area contributed by atoms with Gasteiger partial charge in [-0.2, -0.15) is 0 Å². The van der Waals surface area contributed by atoms with Crippen molar-refractivity contribution < 1.29 is 14.3 Å². The Kier molecular flexibility index (Phi) is 4.63. The van der Waals surface area contributed by atoms with Gasteiger partial charge in [-0.25, -0.2) is 0 Å². The summed E-state index contributed by atoms with van der Waals surface area (Å²) in [6.07, 6.45) is 0. The van der Waals surface area contributed by atoms with Crippen molar-refractivity contribution in [3.05, 3.63) is 28.8 Å². The van der Waals surface area contributed by atoms with E-state index in [1.54, 1.807) is 25.3 Å². The van der Waals surface area contributed by atoms with Gasteiger partial charge in [-0.3, -0.25) is 4.79 Å². The Hall–Kier alpha value is -1.30. The van der Waals surface area contributed by atoms with Crippen molar-refractivity contribution in [3.63, 3.8) is 0 Å². The third-order valence-corrected chi connectivity index (χ3v) is 3.55. The van der Waals surface area contributed by atoms with Gasteiger partial charge < -0.3 is 20.5 Å². The summed E-state index contributed by atoms with van der Waals surface area (Å²) in [5, 5.41) is 3.39. The predicted octanol–water partition coefficient (Wildman–Crippen LogP) is 0.938. The molecule has 6 heteroatoms. The van der Waals surface area contributed by atoms with Gasteiger partial charge >= 0.3 is 0 Å². The molecule has 0 aromatic heterocycles. The number of ether oxygens (including phenoxy) is 2. The molecule has 1 amide bonds. The van der Waals surface area contributed by atoms with E-state index in [0.29, 0.717) is 30.5 Å². The van der Waals surface area contributed by atoms with E-state index in [0.717, 1.165) is 5.56 Å². The van der Waals surface area contributed by atoms with Gasteiger partial charge in [0.25, 0.3) is 0 Å². The van der Waals surface area contributed by atoms with Gasteiger partial charge in [0.2, 0.25) is 5.91 Å². The highest BCUT2D eigenvalue weighted by atomic mass is 35.5. The Morgan fingerprint density at radius 3 is 3.00 bits per heavy atom. The SMILES string of the molecule is COc1cccc(Cl)c1CNC(=O)C1COCC1N. The van der Waals surface area contributed by atoms with E-state index in [1.165, 1.54) is 0 Å². The Morgan fingerprint density at radius 1 is 1.58 bits per heavy atom. The monoisotopic (exact) mass is 284 g/mol. The first-order valence-corrected chi connectivity index (χ1v) is 6.43. The highest BCUT2D eigenvalue weighted by Crippen LogP contribution is 2.26. The van der Waals surface area contributed by atoms with Gasteiger partial charge in [-0.05, 0) is 12.1 Å². The standard InChI is InChI=1S/C13H17ClN2O3/c1-18-12-4-2-3-10(14)8(12)5-16-13(17)9-6-19-7-11(9)15/h2-4,9,11H,5-7,15H2,1H3,(H,16,17). The Balaban J connectivity index is 2.00. The summed E-state index contributed by atoms with van der Waals surface area (Å²) in [4.78, 5) is 12.0. The maximum Gasteiger partial charge on any atom is 0.227 e. The minimum absolute atomic E-state index is 0.119. The second-order valence-electron chi connectivity index (χ2n) is 4.45. The highest BCUT2D eigenvalue weighted by molar-refractivity contribution is 6.31. The molecule has 2 rings (SSSR count). The third-order valence-electron chi connectivity index (χ3n) is 3.20. The van der Waals surface area contributed by atoms with E-state index in [-0.39, 0.29) is 17.9 Å². The van der Waals surface area contributed by atoms with Crippen molar-refractivity contribution in [3.8, 4) is 5.75 Å². The van der Waals surface area contributed by atoms with Crippen molar-refractivity contribution in [1.82, 2.24) is 5.32 Å². The first-order valence-electron chi connectivity index (χ1n) is 6.06. The van der Waals surface area contributed by atoms with Gasteiger partial charge in [0.1, 0.15) is 5.75 Å². The van der Waals surface area contributed by atoms with Crippen LogP contribution in [0.25, 0.3) is 0 Å². The summed E-state index contributed by atoms with van der Waals surface area (Å²) >= 11 is 6.10. The van der Waals surface area contributed by atoms with Crippen LogP contribution in [0.3, 0.4) is 0 Å². The van der Waals surface area contributed by atoms with Gasteiger partial charge in [-0.15, -0.1) is 0 Å². The molecule has 1 fully saturated rings. The summed E-state index contributed by atoms with van der Waals surface area (Å²) < 4.78 is 10.4. The summed E-state index contributed by atoms with van der Waals surface area (Å²) in [7, 11) is 1.57. The molecule has 2 atom stereocenters. The lowest BCUT2D eigenvalue weighted by Gasteiger charge is -2.15. The number of hydrogen-bond acceptors (Lipinski definition) is 4. The fourth-order valence-electron chi connectivity index (χ4n) is 2.05. The molecule has 0 spiro atoms. The van der Waals surface area contributed by atoms with Crippen LogP contribution in [-0.2, 0) is 16.1 Å². The van der Waals surface area contributed by atoms with E-state index in [1.807, 2.05) is 0 Å². The fraction of sp³-hybridized carbons (Fsp3) is 0.462. The molecule has 1 heterocycles.